The highest BCUT2D eigenvalue weighted by molar-refractivity contribution is 7.87. The molecule has 0 aliphatic rings. The molecule has 0 saturated heterocycles. The van der Waals surface area contributed by atoms with Crippen LogP contribution in [0.5, 0.6) is 5.75 Å². The van der Waals surface area contributed by atoms with E-state index in [2.05, 4.69) is 19.2 Å². The zero-order valence-corrected chi connectivity index (χ0v) is 13.9. The minimum Gasteiger partial charge on any atom is -0.379 e. The molecule has 1 atom stereocenters. The molecule has 0 unspecified atom stereocenters. The van der Waals surface area contributed by atoms with Crippen molar-refractivity contribution < 1.29 is 17.0 Å². The van der Waals surface area contributed by atoms with Crippen LogP contribution in [-0.2, 0) is 16.7 Å². The number of rotatable bonds is 7. The van der Waals surface area contributed by atoms with Crippen molar-refractivity contribution in [3.05, 3.63) is 59.9 Å². The molecular formula is C17H20FNO3S. The molecule has 2 rings (SSSR count). The third-order valence-electron chi connectivity index (χ3n) is 3.50. The van der Waals surface area contributed by atoms with Crippen molar-refractivity contribution in [2.45, 2.75) is 37.8 Å². The van der Waals surface area contributed by atoms with Gasteiger partial charge in [-0.25, -0.2) is 4.39 Å². The minimum absolute atomic E-state index is 0.0820. The van der Waals surface area contributed by atoms with Gasteiger partial charge in [0.2, 0.25) is 0 Å². The van der Waals surface area contributed by atoms with Crippen LogP contribution >= 0.6 is 0 Å². The fourth-order valence-electron chi connectivity index (χ4n) is 1.88. The van der Waals surface area contributed by atoms with Crippen LogP contribution in [0.3, 0.4) is 0 Å². The highest BCUT2D eigenvalue weighted by Gasteiger charge is 2.16. The molecule has 2 aromatic rings. The Morgan fingerprint density at radius 2 is 1.70 bits per heavy atom. The van der Waals surface area contributed by atoms with Gasteiger partial charge in [-0.15, -0.1) is 0 Å². The van der Waals surface area contributed by atoms with Crippen molar-refractivity contribution in [1.29, 1.82) is 0 Å². The van der Waals surface area contributed by atoms with Crippen molar-refractivity contribution in [3.8, 4) is 5.75 Å². The molecule has 1 N–H and O–H groups in total. The summed E-state index contributed by atoms with van der Waals surface area (Å²) in [6.45, 7) is 4.92. The predicted molar refractivity (Wildman–Crippen MR) is 87.2 cm³/mol. The summed E-state index contributed by atoms with van der Waals surface area (Å²) in [5, 5.41) is 3.35. The third-order valence-corrected chi connectivity index (χ3v) is 4.76. The van der Waals surface area contributed by atoms with Gasteiger partial charge < -0.3 is 9.50 Å². The van der Waals surface area contributed by atoms with E-state index < -0.39 is 15.9 Å². The fraction of sp³-hybridized carbons (Fsp3) is 0.294. The Hall–Kier alpha value is -1.92. The Balaban J connectivity index is 2.04. The van der Waals surface area contributed by atoms with Gasteiger partial charge >= 0.3 is 10.1 Å². The number of hydrogen-bond acceptors (Lipinski definition) is 4. The van der Waals surface area contributed by atoms with Gasteiger partial charge in [-0.3, -0.25) is 0 Å². The Kier molecular flexibility index (Phi) is 5.74. The maximum absolute atomic E-state index is 12.9. The molecule has 6 heteroatoms. The zero-order chi connectivity index (χ0) is 16.9. The zero-order valence-electron chi connectivity index (χ0n) is 13.1. The summed E-state index contributed by atoms with van der Waals surface area (Å²) < 4.78 is 42.1. The first-order valence-corrected chi connectivity index (χ1v) is 8.84. The monoisotopic (exact) mass is 337 g/mol. The number of benzene rings is 2. The standard InChI is InChI=1S/C17H20FNO3S/c1-3-13(2)19-12-14-4-8-16(9-5-14)22-23(20,21)17-10-6-15(18)7-11-17/h4-11,13,19H,3,12H2,1-2H3/t13-/m0/s1. The highest BCUT2D eigenvalue weighted by atomic mass is 32.2. The van der Waals surface area contributed by atoms with Crippen LogP contribution in [-0.4, -0.2) is 14.5 Å². The van der Waals surface area contributed by atoms with E-state index in [4.69, 9.17) is 4.18 Å². The number of halogens is 1. The lowest BCUT2D eigenvalue weighted by molar-refractivity contribution is 0.485. The summed E-state index contributed by atoms with van der Waals surface area (Å²) in [5.74, 6) is -0.274. The van der Waals surface area contributed by atoms with Crippen LogP contribution in [0.25, 0.3) is 0 Å². The molecule has 0 fully saturated rings. The first-order chi connectivity index (χ1) is 10.9. The Labute approximate surface area is 136 Å². The maximum atomic E-state index is 12.9. The van der Waals surface area contributed by atoms with Gasteiger partial charge in [-0.05, 0) is 55.3 Å². The van der Waals surface area contributed by atoms with Gasteiger partial charge in [0.25, 0.3) is 0 Å². The molecule has 0 bridgehead atoms. The summed E-state index contributed by atoms with van der Waals surface area (Å²) in [6.07, 6.45) is 1.04. The van der Waals surface area contributed by atoms with E-state index in [1.54, 1.807) is 12.1 Å². The van der Waals surface area contributed by atoms with Gasteiger partial charge in [0.15, 0.2) is 0 Å². The van der Waals surface area contributed by atoms with Crippen molar-refractivity contribution in [3.63, 3.8) is 0 Å². The summed E-state index contributed by atoms with van der Waals surface area (Å²) in [4.78, 5) is -0.0820. The van der Waals surface area contributed by atoms with E-state index in [1.807, 2.05) is 12.1 Å². The molecular weight excluding hydrogens is 317 g/mol. The van der Waals surface area contributed by atoms with Crippen LogP contribution in [0.1, 0.15) is 25.8 Å². The quantitative estimate of drug-likeness (QED) is 0.786. The third kappa shape index (κ3) is 5.04. The average molecular weight is 337 g/mol. The van der Waals surface area contributed by atoms with Crippen molar-refractivity contribution in [1.82, 2.24) is 5.32 Å². The smallest absolute Gasteiger partial charge is 0.339 e. The van der Waals surface area contributed by atoms with E-state index in [9.17, 15) is 12.8 Å². The van der Waals surface area contributed by atoms with Gasteiger partial charge in [0.1, 0.15) is 16.5 Å². The van der Waals surface area contributed by atoms with Crippen molar-refractivity contribution in [2.24, 2.45) is 0 Å². The minimum atomic E-state index is -3.95. The fourth-order valence-corrected chi connectivity index (χ4v) is 2.81. The first kappa shape index (κ1) is 17.4. The summed E-state index contributed by atoms with van der Waals surface area (Å²) in [5.41, 5.74) is 1.04. The van der Waals surface area contributed by atoms with Gasteiger partial charge in [0.05, 0.1) is 0 Å². The van der Waals surface area contributed by atoms with Crippen LogP contribution in [0.15, 0.2) is 53.4 Å². The highest BCUT2D eigenvalue weighted by Crippen LogP contribution is 2.19. The van der Waals surface area contributed by atoms with Crippen molar-refractivity contribution in [2.75, 3.05) is 0 Å². The number of nitrogens with one attached hydrogen (secondary N) is 1. The Bertz CT molecular complexity index is 727. The first-order valence-electron chi connectivity index (χ1n) is 7.43. The molecule has 0 spiro atoms. The molecule has 0 aliphatic heterocycles. The maximum Gasteiger partial charge on any atom is 0.339 e. The van der Waals surface area contributed by atoms with Crippen molar-refractivity contribution >= 4 is 10.1 Å². The topological polar surface area (TPSA) is 55.4 Å². The molecule has 0 amide bonds. The summed E-state index contributed by atoms with van der Waals surface area (Å²) >= 11 is 0. The predicted octanol–water partition coefficient (Wildman–Crippen LogP) is 3.48. The van der Waals surface area contributed by atoms with Crippen LogP contribution < -0.4 is 9.50 Å². The number of hydrogen-bond donors (Lipinski definition) is 1. The van der Waals surface area contributed by atoms with Crippen LogP contribution in [0.4, 0.5) is 4.39 Å². The molecule has 0 aromatic heterocycles. The Morgan fingerprint density at radius 3 is 2.26 bits per heavy atom. The van der Waals surface area contributed by atoms with E-state index in [1.165, 1.54) is 12.1 Å². The second kappa shape index (κ2) is 7.57. The second-order valence-electron chi connectivity index (χ2n) is 5.33. The summed E-state index contributed by atoms with van der Waals surface area (Å²) in [7, 11) is -3.95. The normalized spacial score (nSPS) is 12.8. The van der Waals surface area contributed by atoms with Gasteiger partial charge in [-0.2, -0.15) is 8.42 Å². The van der Waals surface area contributed by atoms with E-state index in [-0.39, 0.29) is 10.6 Å². The SMILES string of the molecule is CC[C@H](C)NCc1ccc(OS(=O)(=O)c2ccc(F)cc2)cc1. The molecule has 0 radical (unpaired) electrons. The van der Waals surface area contributed by atoms with E-state index in [0.717, 1.165) is 24.1 Å². The van der Waals surface area contributed by atoms with E-state index in [0.29, 0.717) is 12.6 Å². The molecule has 0 heterocycles. The lowest BCUT2D eigenvalue weighted by Crippen LogP contribution is -2.24. The van der Waals surface area contributed by atoms with Crippen LogP contribution in [0, 0.1) is 5.82 Å². The molecule has 0 saturated carbocycles. The van der Waals surface area contributed by atoms with Gasteiger partial charge in [-0.1, -0.05) is 19.1 Å². The Morgan fingerprint density at radius 1 is 1.09 bits per heavy atom. The molecule has 2 aromatic carbocycles. The average Bonchev–Trinajstić information content (AvgIpc) is 2.54. The lowest BCUT2D eigenvalue weighted by Gasteiger charge is -2.12. The van der Waals surface area contributed by atoms with Crippen LogP contribution in [0.2, 0.25) is 0 Å². The lowest BCUT2D eigenvalue weighted by atomic mass is 10.2. The van der Waals surface area contributed by atoms with Gasteiger partial charge in [0, 0.05) is 12.6 Å². The van der Waals surface area contributed by atoms with E-state index >= 15 is 0 Å². The molecule has 23 heavy (non-hydrogen) atoms. The molecule has 124 valence electrons. The molecule has 4 nitrogen and oxygen atoms in total. The molecule has 0 aliphatic carbocycles. The second-order valence-corrected chi connectivity index (χ2v) is 6.87. The largest absolute Gasteiger partial charge is 0.379 e. The summed E-state index contributed by atoms with van der Waals surface area (Å²) in [6, 6.07) is 11.8.